The number of aryl methyl sites for hydroxylation is 2. The molecule has 0 aliphatic heterocycles. The van der Waals surface area contributed by atoms with Gasteiger partial charge in [0.1, 0.15) is 11.0 Å². The van der Waals surface area contributed by atoms with Crippen LogP contribution in [0.5, 0.6) is 0 Å². The molecule has 0 unspecified atom stereocenters. The number of hydrogen-bond donors (Lipinski definition) is 2. The van der Waals surface area contributed by atoms with Crippen molar-refractivity contribution in [2.24, 2.45) is 0 Å². The van der Waals surface area contributed by atoms with Crippen molar-refractivity contribution in [3.05, 3.63) is 108 Å². The third-order valence-corrected chi connectivity index (χ3v) is 6.24. The van der Waals surface area contributed by atoms with Gasteiger partial charge in [0.25, 0.3) is 5.91 Å². The summed E-state index contributed by atoms with van der Waals surface area (Å²) in [6, 6.07) is 29.5. The van der Waals surface area contributed by atoms with Crippen molar-refractivity contribution < 1.29 is 4.79 Å². The predicted octanol–water partition coefficient (Wildman–Crippen LogP) is 6.09. The molecule has 0 atom stereocenters. The second-order valence-corrected chi connectivity index (χ2v) is 8.93. The first-order valence-corrected chi connectivity index (χ1v) is 12.2. The van der Waals surface area contributed by atoms with Crippen molar-refractivity contribution >= 4 is 40.0 Å². The van der Waals surface area contributed by atoms with E-state index in [1.807, 2.05) is 73.7 Å². The van der Waals surface area contributed by atoms with Gasteiger partial charge in [-0.05, 0) is 84.2 Å². The van der Waals surface area contributed by atoms with Crippen LogP contribution in [0.15, 0.2) is 91.0 Å². The molecule has 5 rings (SSSR count). The number of nitrogens with one attached hydrogen (secondary N) is 2. The lowest BCUT2D eigenvalue weighted by Crippen LogP contribution is -2.34. The van der Waals surface area contributed by atoms with Crippen molar-refractivity contribution in [2.75, 3.05) is 5.32 Å². The predicted molar refractivity (Wildman–Crippen MR) is 149 cm³/mol. The highest BCUT2D eigenvalue weighted by atomic mass is 32.1. The molecule has 7 heteroatoms. The molecule has 6 nitrogen and oxygen atoms in total. The number of fused-ring (bicyclic) bond motifs is 1. The van der Waals surface area contributed by atoms with Crippen molar-refractivity contribution in [1.29, 1.82) is 0 Å². The summed E-state index contributed by atoms with van der Waals surface area (Å²) < 4.78 is 0. The van der Waals surface area contributed by atoms with E-state index in [1.165, 1.54) is 5.56 Å². The van der Waals surface area contributed by atoms with Gasteiger partial charge >= 0.3 is 0 Å². The number of carbonyl (C=O) groups is 1. The number of nitrogens with zero attached hydrogens (tertiary/aromatic N) is 3. The topological polar surface area (TPSA) is 71.8 Å². The van der Waals surface area contributed by atoms with Gasteiger partial charge in [-0.15, -0.1) is 10.2 Å². The van der Waals surface area contributed by atoms with Crippen LogP contribution in [0, 0.1) is 6.92 Å². The van der Waals surface area contributed by atoms with E-state index in [0.717, 1.165) is 45.5 Å². The van der Waals surface area contributed by atoms with E-state index in [4.69, 9.17) is 12.2 Å². The molecule has 0 radical (unpaired) electrons. The SMILES string of the molecule is CCc1ccc(-n2nc3cc(C)c(NC(=S)NC(=O)c4ccc(-c5ccccc5)cc4)cc3n2)cc1. The van der Waals surface area contributed by atoms with Crippen LogP contribution in [0.4, 0.5) is 5.69 Å². The van der Waals surface area contributed by atoms with Crippen molar-refractivity contribution in [3.63, 3.8) is 0 Å². The van der Waals surface area contributed by atoms with Gasteiger partial charge in [0.15, 0.2) is 5.11 Å². The molecule has 36 heavy (non-hydrogen) atoms. The fourth-order valence-corrected chi connectivity index (χ4v) is 4.16. The van der Waals surface area contributed by atoms with Crippen LogP contribution in [0.2, 0.25) is 0 Å². The van der Waals surface area contributed by atoms with Crippen LogP contribution < -0.4 is 10.6 Å². The Morgan fingerprint density at radius 2 is 1.50 bits per heavy atom. The molecule has 0 aliphatic carbocycles. The zero-order valence-corrected chi connectivity index (χ0v) is 20.8. The molecule has 0 saturated heterocycles. The molecule has 1 heterocycles. The van der Waals surface area contributed by atoms with Crippen molar-refractivity contribution in [2.45, 2.75) is 20.3 Å². The van der Waals surface area contributed by atoms with Crippen molar-refractivity contribution in [1.82, 2.24) is 20.3 Å². The Labute approximate surface area is 215 Å². The van der Waals surface area contributed by atoms with Crippen molar-refractivity contribution in [3.8, 4) is 16.8 Å². The molecular weight excluding hydrogens is 466 g/mol. The molecule has 0 spiro atoms. The third kappa shape index (κ3) is 5.01. The zero-order chi connectivity index (χ0) is 25.1. The summed E-state index contributed by atoms with van der Waals surface area (Å²) in [6.07, 6.45) is 0.985. The van der Waals surface area contributed by atoms with Crippen LogP contribution >= 0.6 is 12.2 Å². The summed E-state index contributed by atoms with van der Waals surface area (Å²) >= 11 is 5.42. The average Bonchev–Trinajstić information content (AvgIpc) is 3.32. The molecule has 5 aromatic rings. The second-order valence-electron chi connectivity index (χ2n) is 8.52. The van der Waals surface area contributed by atoms with E-state index in [9.17, 15) is 4.79 Å². The molecule has 0 bridgehead atoms. The van der Waals surface area contributed by atoms with E-state index in [2.05, 4.69) is 39.9 Å². The van der Waals surface area contributed by atoms with Gasteiger partial charge in [-0.2, -0.15) is 4.80 Å². The summed E-state index contributed by atoms with van der Waals surface area (Å²) in [6.45, 7) is 4.09. The molecule has 1 aromatic heterocycles. The quantitative estimate of drug-likeness (QED) is 0.291. The van der Waals surface area contributed by atoms with E-state index in [1.54, 1.807) is 16.9 Å². The molecule has 178 valence electrons. The monoisotopic (exact) mass is 491 g/mol. The number of aromatic nitrogens is 3. The minimum atomic E-state index is -0.271. The summed E-state index contributed by atoms with van der Waals surface area (Å²) in [5, 5.41) is 15.3. The first kappa shape index (κ1) is 23.4. The normalized spacial score (nSPS) is 10.8. The summed E-state index contributed by atoms with van der Waals surface area (Å²) in [5.41, 5.74) is 8.06. The largest absolute Gasteiger partial charge is 0.332 e. The Morgan fingerprint density at radius 1 is 0.861 bits per heavy atom. The van der Waals surface area contributed by atoms with E-state index < -0.39 is 0 Å². The average molecular weight is 492 g/mol. The smallest absolute Gasteiger partial charge is 0.257 e. The maximum atomic E-state index is 12.7. The minimum absolute atomic E-state index is 0.220. The number of anilines is 1. The lowest BCUT2D eigenvalue weighted by Gasteiger charge is -2.12. The Bertz CT molecular complexity index is 1540. The Kier molecular flexibility index (Phi) is 6.56. The Balaban J connectivity index is 1.28. The first-order valence-electron chi connectivity index (χ1n) is 11.7. The van der Waals surface area contributed by atoms with E-state index in [-0.39, 0.29) is 11.0 Å². The van der Waals surface area contributed by atoms with Gasteiger partial charge in [-0.25, -0.2) is 0 Å². The fraction of sp³-hybridized carbons (Fsp3) is 0.103. The number of thiocarbonyl (C=S) groups is 1. The van der Waals surface area contributed by atoms with Crippen LogP contribution in [-0.2, 0) is 6.42 Å². The van der Waals surface area contributed by atoms with Gasteiger partial charge in [0, 0.05) is 11.3 Å². The fourth-order valence-electron chi connectivity index (χ4n) is 3.96. The van der Waals surface area contributed by atoms with Gasteiger partial charge in [-0.3, -0.25) is 10.1 Å². The molecular formula is C29H25N5OS. The number of carbonyl (C=O) groups excluding carboxylic acids is 1. The molecule has 2 N–H and O–H groups in total. The molecule has 0 fully saturated rings. The highest BCUT2D eigenvalue weighted by Gasteiger charge is 2.12. The molecule has 1 amide bonds. The van der Waals surface area contributed by atoms with Gasteiger partial charge in [-0.1, -0.05) is 61.5 Å². The number of benzene rings is 4. The number of hydrogen-bond acceptors (Lipinski definition) is 4. The maximum absolute atomic E-state index is 12.7. The summed E-state index contributed by atoms with van der Waals surface area (Å²) in [4.78, 5) is 14.4. The van der Waals surface area contributed by atoms with Crippen LogP contribution in [0.3, 0.4) is 0 Å². The maximum Gasteiger partial charge on any atom is 0.257 e. The third-order valence-electron chi connectivity index (χ3n) is 6.03. The zero-order valence-electron chi connectivity index (χ0n) is 20.0. The van der Waals surface area contributed by atoms with E-state index >= 15 is 0 Å². The lowest BCUT2D eigenvalue weighted by atomic mass is 10.0. The first-order chi connectivity index (χ1) is 17.5. The standard InChI is InChI=1S/C29H25N5OS/c1-3-20-9-15-24(16-10-20)34-32-26-17-19(2)25(18-27(26)33-34)30-29(36)31-28(35)23-13-11-22(12-14-23)21-7-5-4-6-8-21/h4-18H,3H2,1-2H3,(H2,30,31,35,36). The van der Waals surface area contributed by atoms with Gasteiger partial charge in [0.2, 0.25) is 0 Å². The molecule has 0 aliphatic rings. The molecule has 0 saturated carbocycles. The highest BCUT2D eigenvalue weighted by Crippen LogP contribution is 2.23. The number of amides is 1. The lowest BCUT2D eigenvalue weighted by molar-refractivity contribution is 0.0977. The van der Waals surface area contributed by atoms with Gasteiger partial charge < -0.3 is 5.32 Å². The van der Waals surface area contributed by atoms with Crippen LogP contribution in [0.25, 0.3) is 27.8 Å². The Morgan fingerprint density at radius 3 is 2.17 bits per heavy atom. The molecule has 4 aromatic carbocycles. The minimum Gasteiger partial charge on any atom is -0.332 e. The second kappa shape index (κ2) is 10.1. The summed E-state index contributed by atoms with van der Waals surface area (Å²) in [5.74, 6) is -0.271. The van der Waals surface area contributed by atoms with Gasteiger partial charge in [0.05, 0.1) is 5.69 Å². The number of rotatable bonds is 5. The highest BCUT2D eigenvalue weighted by molar-refractivity contribution is 7.80. The summed E-state index contributed by atoms with van der Waals surface area (Å²) in [7, 11) is 0. The Hall–Kier alpha value is -4.36. The van der Waals surface area contributed by atoms with E-state index in [0.29, 0.717) is 5.56 Å². The van der Waals surface area contributed by atoms with Crippen LogP contribution in [0.1, 0.15) is 28.4 Å². The van der Waals surface area contributed by atoms with Crippen LogP contribution in [-0.4, -0.2) is 26.0 Å².